The molecular weight excluding hydrogens is 294 g/mol. The third-order valence-electron chi connectivity index (χ3n) is 2.86. The van der Waals surface area contributed by atoms with Crippen molar-refractivity contribution in [1.29, 1.82) is 0 Å². The van der Waals surface area contributed by atoms with Gasteiger partial charge in [-0.3, -0.25) is 9.78 Å². The van der Waals surface area contributed by atoms with E-state index >= 15 is 0 Å². The highest BCUT2D eigenvalue weighted by molar-refractivity contribution is 7.89. The fourth-order valence-electron chi connectivity index (χ4n) is 1.76. The molecule has 0 amide bonds. The summed E-state index contributed by atoms with van der Waals surface area (Å²) in [4.78, 5) is 4.06. The Balaban J connectivity index is 2.02. The number of hydrogen-bond donors (Lipinski definition) is 3. The molecule has 0 spiro atoms. The van der Waals surface area contributed by atoms with Crippen LogP contribution in [0.1, 0.15) is 25.7 Å². The summed E-state index contributed by atoms with van der Waals surface area (Å²) in [6, 6.07) is -0.498. The van der Waals surface area contributed by atoms with Gasteiger partial charge in [0.2, 0.25) is 10.0 Å². The van der Waals surface area contributed by atoms with Crippen LogP contribution in [-0.2, 0) is 16.6 Å². The van der Waals surface area contributed by atoms with E-state index in [2.05, 4.69) is 30.3 Å². The van der Waals surface area contributed by atoms with Gasteiger partial charge >= 0.3 is 0 Å². The third kappa shape index (κ3) is 4.09. The predicted octanol–water partition coefficient (Wildman–Crippen LogP) is -0.350. The van der Waals surface area contributed by atoms with Crippen LogP contribution in [0.15, 0.2) is 23.6 Å². The molecule has 0 saturated heterocycles. The number of rotatable bonds is 8. The number of likely N-dealkylation sites (N-methyl/N-ethyl adjacent to an activating group) is 1. The zero-order chi connectivity index (χ0) is 15.3. The smallest absolute Gasteiger partial charge is 0.244 e. The average Bonchev–Trinajstić information content (AvgIpc) is 3.10. The SMILES string of the molecule is CCNCCn1cc(S(=O)(=O)NC(C)c2ncn[nH]2)cn1. The van der Waals surface area contributed by atoms with Gasteiger partial charge in [0.05, 0.1) is 18.8 Å². The van der Waals surface area contributed by atoms with Crippen molar-refractivity contribution in [2.75, 3.05) is 13.1 Å². The largest absolute Gasteiger partial charge is 0.315 e. The quantitative estimate of drug-likeness (QED) is 0.573. The van der Waals surface area contributed by atoms with Crippen LogP contribution in [0.25, 0.3) is 0 Å². The van der Waals surface area contributed by atoms with Gasteiger partial charge in [0.25, 0.3) is 0 Å². The molecule has 10 heteroatoms. The summed E-state index contributed by atoms with van der Waals surface area (Å²) in [5.41, 5.74) is 0. The molecule has 2 rings (SSSR count). The van der Waals surface area contributed by atoms with Crippen molar-refractivity contribution >= 4 is 10.0 Å². The Kier molecular flexibility index (Phi) is 5.04. The number of aromatic nitrogens is 5. The maximum absolute atomic E-state index is 12.2. The highest BCUT2D eigenvalue weighted by Gasteiger charge is 2.21. The summed E-state index contributed by atoms with van der Waals surface area (Å²) in [7, 11) is -3.64. The second kappa shape index (κ2) is 6.78. The number of sulfonamides is 1. The molecule has 3 N–H and O–H groups in total. The molecule has 0 aliphatic heterocycles. The lowest BCUT2D eigenvalue weighted by Crippen LogP contribution is -2.27. The predicted molar refractivity (Wildman–Crippen MR) is 75.9 cm³/mol. The Morgan fingerprint density at radius 2 is 2.29 bits per heavy atom. The normalized spacial score (nSPS) is 13.4. The van der Waals surface area contributed by atoms with Crippen molar-refractivity contribution in [3.8, 4) is 0 Å². The lowest BCUT2D eigenvalue weighted by atomic mass is 10.3. The first-order valence-electron chi connectivity index (χ1n) is 6.63. The topological polar surface area (TPSA) is 118 Å². The summed E-state index contributed by atoms with van der Waals surface area (Å²) in [5, 5.41) is 13.5. The lowest BCUT2D eigenvalue weighted by molar-refractivity contribution is 0.556. The van der Waals surface area contributed by atoms with E-state index in [1.54, 1.807) is 11.6 Å². The van der Waals surface area contributed by atoms with Gasteiger partial charge in [0.1, 0.15) is 17.0 Å². The molecule has 0 aromatic carbocycles. The van der Waals surface area contributed by atoms with Crippen molar-refractivity contribution in [2.45, 2.75) is 31.3 Å². The van der Waals surface area contributed by atoms with Crippen molar-refractivity contribution < 1.29 is 8.42 Å². The van der Waals surface area contributed by atoms with Gasteiger partial charge in [-0.05, 0) is 13.5 Å². The fourth-order valence-corrected chi connectivity index (χ4v) is 2.92. The molecule has 0 bridgehead atoms. The Hall–Kier alpha value is -1.78. The highest BCUT2D eigenvalue weighted by atomic mass is 32.2. The summed E-state index contributed by atoms with van der Waals surface area (Å²) >= 11 is 0. The Morgan fingerprint density at radius 1 is 1.48 bits per heavy atom. The van der Waals surface area contributed by atoms with Crippen molar-refractivity contribution in [3.63, 3.8) is 0 Å². The molecule has 2 heterocycles. The van der Waals surface area contributed by atoms with Gasteiger partial charge < -0.3 is 5.32 Å². The molecule has 0 aliphatic carbocycles. The summed E-state index contributed by atoms with van der Waals surface area (Å²) in [6.45, 7) is 5.91. The minimum absolute atomic E-state index is 0.130. The van der Waals surface area contributed by atoms with E-state index in [9.17, 15) is 8.42 Å². The average molecular weight is 313 g/mol. The molecule has 9 nitrogen and oxygen atoms in total. The van der Waals surface area contributed by atoms with Crippen LogP contribution < -0.4 is 10.0 Å². The number of H-pyrrole nitrogens is 1. The molecule has 21 heavy (non-hydrogen) atoms. The van der Waals surface area contributed by atoms with Crippen LogP contribution in [0, 0.1) is 0 Å². The standard InChI is InChI=1S/C11H19N7O2S/c1-3-12-4-5-18-7-10(6-15-18)21(19,20)17-9(2)11-13-8-14-16-11/h6-9,12,17H,3-5H2,1-2H3,(H,13,14,16). The van der Waals surface area contributed by atoms with Crippen LogP contribution in [0.5, 0.6) is 0 Å². The van der Waals surface area contributed by atoms with E-state index in [4.69, 9.17) is 0 Å². The molecule has 0 saturated carbocycles. The van der Waals surface area contributed by atoms with Crippen molar-refractivity contribution in [1.82, 2.24) is 35.0 Å². The Morgan fingerprint density at radius 3 is 2.95 bits per heavy atom. The van der Waals surface area contributed by atoms with Crippen molar-refractivity contribution in [2.24, 2.45) is 0 Å². The molecule has 116 valence electrons. The molecular formula is C11H19N7O2S. The number of nitrogens with one attached hydrogen (secondary N) is 3. The van der Waals surface area contributed by atoms with Crippen LogP contribution in [0.3, 0.4) is 0 Å². The van der Waals surface area contributed by atoms with E-state index in [1.807, 2.05) is 6.92 Å². The molecule has 2 aromatic rings. The first-order chi connectivity index (χ1) is 10.0. The Bertz CT molecular complexity index is 650. The second-order valence-corrected chi connectivity index (χ2v) is 6.22. The van der Waals surface area contributed by atoms with E-state index in [0.29, 0.717) is 12.4 Å². The van der Waals surface area contributed by atoms with Crippen LogP contribution >= 0.6 is 0 Å². The zero-order valence-corrected chi connectivity index (χ0v) is 12.8. The lowest BCUT2D eigenvalue weighted by Gasteiger charge is -2.10. The summed E-state index contributed by atoms with van der Waals surface area (Å²) in [5.74, 6) is 0.457. The fraction of sp³-hybridized carbons (Fsp3) is 0.545. The molecule has 0 radical (unpaired) electrons. The number of nitrogens with zero attached hydrogens (tertiary/aromatic N) is 4. The minimum atomic E-state index is -3.64. The third-order valence-corrected chi connectivity index (χ3v) is 4.36. The van der Waals surface area contributed by atoms with E-state index in [0.717, 1.165) is 13.1 Å². The minimum Gasteiger partial charge on any atom is -0.315 e. The monoisotopic (exact) mass is 313 g/mol. The summed E-state index contributed by atoms with van der Waals surface area (Å²) in [6.07, 6.45) is 4.17. The van der Waals surface area contributed by atoms with E-state index in [1.165, 1.54) is 18.7 Å². The molecule has 2 aromatic heterocycles. The molecule has 1 atom stereocenters. The van der Waals surface area contributed by atoms with E-state index in [-0.39, 0.29) is 4.90 Å². The first kappa shape index (κ1) is 15.6. The second-order valence-electron chi connectivity index (χ2n) is 4.51. The van der Waals surface area contributed by atoms with Crippen molar-refractivity contribution in [3.05, 3.63) is 24.5 Å². The highest BCUT2D eigenvalue weighted by Crippen LogP contribution is 2.12. The number of aromatic amines is 1. The van der Waals surface area contributed by atoms with Gasteiger partial charge in [-0.25, -0.2) is 18.1 Å². The van der Waals surface area contributed by atoms with Crippen LogP contribution in [0.4, 0.5) is 0 Å². The first-order valence-corrected chi connectivity index (χ1v) is 8.12. The maximum Gasteiger partial charge on any atom is 0.244 e. The summed E-state index contributed by atoms with van der Waals surface area (Å²) < 4.78 is 28.6. The van der Waals surface area contributed by atoms with E-state index < -0.39 is 16.1 Å². The number of hydrogen-bond acceptors (Lipinski definition) is 6. The van der Waals surface area contributed by atoms with Gasteiger partial charge in [0.15, 0.2) is 0 Å². The van der Waals surface area contributed by atoms with Crippen LogP contribution in [0.2, 0.25) is 0 Å². The van der Waals surface area contributed by atoms with Gasteiger partial charge in [-0.2, -0.15) is 10.2 Å². The molecule has 1 unspecified atom stereocenters. The zero-order valence-electron chi connectivity index (χ0n) is 11.9. The van der Waals surface area contributed by atoms with Gasteiger partial charge in [-0.1, -0.05) is 6.92 Å². The Labute approximate surface area is 123 Å². The van der Waals surface area contributed by atoms with Crippen LogP contribution in [-0.4, -0.2) is 46.5 Å². The maximum atomic E-state index is 12.2. The van der Waals surface area contributed by atoms with Gasteiger partial charge in [0, 0.05) is 12.7 Å². The molecule has 0 aliphatic rings. The molecule has 0 fully saturated rings. The van der Waals surface area contributed by atoms with Gasteiger partial charge in [-0.15, -0.1) is 0 Å².